The summed E-state index contributed by atoms with van der Waals surface area (Å²) in [5.74, 6) is -0.0796. The minimum Gasteiger partial charge on any atom is -0.492 e. The lowest BCUT2D eigenvalue weighted by Crippen LogP contribution is -2.46. The molecule has 1 rings (SSSR count). The van der Waals surface area contributed by atoms with Gasteiger partial charge in [-0.2, -0.15) is 0 Å². The van der Waals surface area contributed by atoms with Gasteiger partial charge in [0.2, 0.25) is 0 Å². The summed E-state index contributed by atoms with van der Waals surface area (Å²) in [4.78, 5) is 23.0. The molecule has 152 valence electrons. The highest BCUT2D eigenvalue weighted by molar-refractivity contribution is 9.10. The second-order valence-corrected chi connectivity index (χ2v) is 8.87. The summed E-state index contributed by atoms with van der Waals surface area (Å²) >= 11 is 3.53. The summed E-state index contributed by atoms with van der Waals surface area (Å²) in [7, 11) is 0. The molecule has 1 atom stereocenters. The van der Waals surface area contributed by atoms with Gasteiger partial charge in [0.05, 0.1) is 11.1 Å². The Labute approximate surface area is 170 Å². The minimum atomic E-state index is -1.02. The fraction of sp³-hybridized carbons (Fsp3) is 0.600. The molecule has 0 fully saturated rings. The molecule has 0 saturated heterocycles. The zero-order chi connectivity index (χ0) is 20.6. The first-order valence-electron chi connectivity index (χ1n) is 9.20. The van der Waals surface area contributed by atoms with Crippen molar-refractivity contribution in [1.29, 1.82) is 0 Å². The van der Waals surface area contributed by atoms with E-state index < -0.39 is 18.0 Å². The number of urea groups is 1. The summed E-state index contributed by atoms with van der Waals surface area (Å²) < 4.78 is 6.65. The van der Waals surface area contributed by atoms with Gasteiger partial charge in [-0.25, -0.2) is 9.59 Å². The van der Waals surface area contributed by atoms with Crippen LogP contribution >= 0.6 is 15.9 Å². The number of hydrogen-bond acceptors (Lipinski definition) is 3. The molecule has 0 aromatic heterocycles. The molecule has 0 aliphatic rings. The molecule has 0 heterocycles. The third-order valence-electron chi connectivity index (χ3n) is 3.97. The van der Waals surface area contributed by atoms with Gasteiger partial charge in [0.25, 0.3) is 0 Å². The SMILES string of the molecule is CC(C)CC(NC(=O)NCCCOc1ccc(C(C)(C)C)cc1Br)C(=O)O. The molecule has 1 aromatic carbocycles. The van der Waals surface area contributed by atoms with E-state index in [4.69, 9.17) is 9.84 Å². The fourth-order valence-electron chi connectivity index (χ4n) is 2.44. The van der Waals surface area contributed by atoms with Crippen molar-refractivity contribution in [3.8, 4) is 5.75 Å². The van der Waals surface area contributed by atoms with Gasteiger partial charge in [-0.15, -0.1) is 0 Å². The summed E-state index contributed by atoms with van der Waals surface area (Å²) in [6.07, 6.45) is 1.01. The number of aliphatic carboxylic acids is 1. The Kier molecular flexibility index (Phi) is 9.09. The molecule has 0 bridgehead atoms. The Morgan fingerprint density at radius 1 is 1.26 bits per heavy atom. The van der Waals surface area contributed by atoms with E-state index in [1.54, 1.807) is 0 Å². The number of hydrogen-bond donors (Lipinski definition) is 3. The largest absolute Gasteiger partial charge is 0.492 e. The van der Waals surface area contributed by atoms with E-state index in [0.29, 0.717) is 26.0 Å². The molecule has 6 nitrogen and oxygen atoms in total. The average Bonchev–Trinajstić information content (AvgIpc) is 2.53. The standard InChI is InChI=1S/C20H31BrN2O4/c1-13(2)11-16(18(24)25)23-19(26)22-9-6-10-27-17-8-7-14(12-15(17)21)20(3,4)5/h7-8,12-13,16H,6,9-11H2,1-5H3,(H,24,25)(H2,22,23,26). The first-order valence-corrected chi connectivity index (χ1v) is 10.00. The normalized spacial score (nSPS) is 12.6. The summed E-state index contributed by atoms with van der Waals surface area (Å²) in [6, 6.07) is 4.69. The Hall–Kier alpha value is -1.76. The maximum absolute atomic E-state index is 11.8. The van der Waals surface area contributed by atoms with Crippen LogP contribution in [0, 0.1) is 5.92 Å². The maximum Gasteiger partial charge on any atom is 0.326 e. The van der Waals surface area contributed by atoms with E-state index in [1.807, 2.05) is 26.0 Å². The lowest BCUT2D eigenvalue weighted by Gasteiger charge is -2.20. The molecule has 27 heavy (non-hydrogen) atoms. The van der Waals surface area contributed by atoms with Gasteiger partial charge in [-0.1, -0.05) is 40.7 Å². The molecule has 1 aromatic rings. The van der Waals surface area contributed by atoms with Crippen LogP contribution in [0.15, 0.2) is 22.7 Å². The number of carbonyl (C=O) groups excluding carboxylic acids is 1. The highest BCUT2D eigenvalue weighted by Gasteiger charge is 2.20. The van der Waals surface area contributed by atoms with Crippen molar-refractivity contribution < 1.29 is 19.4 Å². The number of benzene rings is 1. The molecule has 0 aliphatic carbocycles. The van der Waals surface area contributed by atoms with Crippen LogP contribution < -0.4 is 15.4 Å². The molecular formula is C20H31BrN2O4. The van der Waals surface area contributed by atoms with Crippen LogP contribution in [0.2, 0.25) is 0 Å². The van der Waals surface area contributed by atoms with Crippen LogP contribution in [0.25, 0.3) is 0 Å². The van der Waals surface area contributed by atoms with Crippen molar-refractivity contribution in [2.45, 2.75) is 58.9 Å². The minimum absolute atomic E-state index is 0.0711. The van der Waals surface area contributed by atoms with Crippen molar-refractivity contribution in [2.75, 3.05) is 13.2 Å². The average molecular weight is 443 g/mol. The molecular weight excluding hydrogens is 412 g/mol. The molecule has 0 saturated carbocycles. The van der Waals surface area contributed by atoms with Crippen molar-refractivity contribution in [1.82, 2.24) is 10.6 Å². The summed E-state index contributed by atoms with van der Waals surface area (Å²) in [5.41, 5.74) is 1.29. The van der Waals surface area contributed by atoms with E-state index in [2.05, 4.69) is 53.4 Å². The number of ether oxygens (including phenoxy) is 1. The van der Waals surface area contributed by atoms with Gasteiger partial charge in [-0.05, 0) is 57.8 Å². The highest BCUT2D eigenvalue weighted by Crippen LogP contribution is 2.31. The van der Waals surface area contributed by atoms with Crippen LogP contribution in [0.5, 0.6) is 5.75 Å². The quantitative estimate of drug-likeness (QED) is 0.497. The molecule has 1 unspecified atom stereocenters. The van der Waals surface area contributed by atoms with Gasteiger partial charge in [0.1, 0.15) is 11.8 Å². The maximum atomic E-state index is 11.8. The van der Waals surface area contributed by atoms with Crippen LogP contribution in [0.1, 0.15) is 53.0 Å². The predicted molar refractivity (Wildman–Crippen MR) is 110 cm³/mol. The topological polar surface area (TPSA) is 87.7 Å². The second kappa shape index (κ2) is 10.5. The Bertz CT molecular complexity index is 641. The van der Waals surface area contributed by atoms with Crippen LogP contribution in [-0.4, -0.2) is 36.3 Å². The number of carboxylic acid groups (broad SMARTS) is 1. The Morgan fingerprint density at radius 2 is 1.93 bits per heavy atom. The third-order valence-corrected chi connectivity index (χ3v) is 4.59. The van der Waals surface area contributed by atoms with Crippen LogP contribution in [0.4, 0.5) is 4.79 Å². The van der Waals surface area contributed by atoms with Crippen molar-refractivity contribution in [3.63, 3.8) is 0 Å². The lowest BCUT2D eigenvalue weighted by molar-refractivity contribution is -0.139. The lowest BCUT2D eigenvalue weighted by atomic mass is 9.87. The van der Waals surface area contributed by atoms with Gasteiger partial charge in [0.15, 0.2) is 0 Å². The van der Waals surface area contributed by atoms with E-state index in [-0.39, 0.29) is 11.3 Å². The first kappa shape index (κ1) is 23.3. The van der Waals surface area contributed by atoms with E-state index in [1.165, 1.54) is 5.56 Å². The number of carboxylic acids is 1. The predicted octanol–water partition coefficient (Wildman–Crippen LogP) is 4.31. The zero-order valence-corrected chi connectivity index (χ0v) is 18.4. The number of carbonyl (C=O) groups is 2. The van der Waals surface area contributed by atoms with Gasteiger partial charge < -0.3 is 20.5 Å². The van der Waals surface area contributed by atoms with Gasteiger partial charge in [0, 0.05) is 6.54 Å². The second-order valence-electron chi connectivity index (χ2n) is 8.02. The van der Waals surface area contributed by atoms with Gasteiger partial charge >= 0.3 is 12.0 Å². The summed E-state index contributed by atoms with van der Waals surface area (Å²) in [5, 5.41) is 14.3. The summed E-state index contributed by atoms with van der Waals surface area (Å²) in [6.45, 7) is 11.1. The monoisotopic (exact) mass is 442 g/mol. The zero-order valence-electron chi connectivity index (χ0n) is 16.8. The van der Waals surface area contributed by atoms with Gasteiger partial charge in [-0.3, -0.25) is 0 Å². The van der Waals surface area contributed by atoms with Crippen LogP contribution in [-0.2, 0) is 10.2 Å². The van der Waals surface area contributed by atoms with Crippen molar-refractivity contribution in [3.05, 3.63) is 28.2 Å². The van der Waals surface area contributed by atoms with E-state index in [0.717, 1.165) is 10.2 Å². The molecule has 0 spiro atoms. The molecule has 3 N–H and O–H groups in total. The number of rotatable bonds is 9. The van der Waals surface area contributed by atoms with E-state index in [9.17, 15) is 9.59 Å². The molecule has 7 heteroatoms. The highest BCUT2D eigenvalue weighted by atomic mass is 79.9. The third kappa shape index (κ3) is 8.65. The van der Waals surface area contributed by atoms with Crippen LogP contribution in [0.3, 0.4) is 0 Å². The van der Waals surface area contributed by atoms with Crippen molar-refractivity contribution in [2.24, 2.45) is 5.92 Å². The number of amides is 2. The smallest absolute Gasteiger partial charge is 0.326 e. The van der Waals surface area contributed by atoms with Crippen molar-refractivity contribution >= 4 is 27.9 Å². The van der Waals surface area contributed by atoms with E-state index >= 15 is 0 Å². The first-order chi connectivity index (χ1) is 12.5. The Morgan fingerprint density at radius 3 is 2.44 bits per heavy atom. The fourth-order valence-corrected chi connectivity index (χ4v) is 2.94. The number of nitrogens with one attached hydrogen (secondary N) is 2. The Balaban J connectivity index is 2.36. The molecule has 0 radical (unpaired) electrons. The number of halogens is 1. The molecule has 2 amide bonds. The molecule has 0 aliphatic heterocycles.